The second kappa shape index (κ2) is 13.2. The van der Waals surface area contributed by atoms with E-state index in [0.717, 1.165) is 5.56 Å². The van der Waals surface area contributed by atoms with Gasteiger partial charge in [0.25, 0.3) is 5.91 Å². The molecule has 0 aliphatic heterocycles. The van der Waals surface area contributed by atoms with Crippen LogP contribution in [0.3, 0.4) is 0 Å². The zero-order valence-corrected chi connectivity index (χ0v) is 20.1. The molecule has 0 bridgehead atoms. The van der Waals surface area contributed by atoms with Gasteiger partial charge in [-0.05, 0) is 63.6 Å². The van der Waals surface area contributed by atoms with E-state index in [1.54, 1.807) is 30.2 Å². The van der Waals surface area contributed by atoms with Gasteiger partial charge in [0, 0.05) is 18.7 Å². The summed E-state index contributed by atoms with van der Waals surface area (Å²) < 4.78 is 22.0. The highest BCUT2D eigenvalue weighted by atomic mass is 16.5. The van der Waals surface area contributed by atoms with Crippen LogP contribution in [0.1, 0.15) is 43.6 Å². The average Bonchev–Trinajstić information content (AvgIpc) is 2.83. The molecular weight excluding hydrogens is 424 g/mol. The summed E-state index contributed by atoms with van der Waals surface area (Å²) in [5, 5.41) is 2.70. The Balaban J connectivity index is 2.02. The molecule has 2 aromatic rings. The van der Waals surface area contributed by atoms with Gasteiger partial charge < -0.3 is 29.2 Å². The highest BCUT2D eigenvalue weighted by Gasteiger charge is 2.17. The van der Waals surface area contributed by atoms with Crippen molar-refractivity contribution in [2.45, 2.75) is 34.2 Å². The summed E-state index contributed by atoms with van der Waals surface area (Å²) in [6.45, 7) is 9.81. The van der Waals surface area contributed by atoms with Crippen molar-refractivity contribution >= 4 is 11.8 Å². The fourth-order valence-electron chi connectivity index (χ4n) is 3.24. The van der Waals surface area contributed by atoms with Crippen LogP contribution in [0.4, 0.5) is 0 Å². The SMILES string of the molecule is CCOc1ccc(CN(CC)C(=O)CNC(=O)c2ccc(OCC)c(OCC)c2)cc1OC. The molecule has 0 aromatic heterocycles. The Labute approximate surface area is 195 Å². The maximum absolute atomic E-state index is 12.8. The third-order valence-electron chi connectivity index (χ3n) is 4.84. The van der Waals surface area contributed by atoms with E-state index >= 15 is 0 Å². The minimum Gasteiger partial charge on any atom is -0.493 e. The molecule has 8 nitrogen and oxygen atoms in total. The van der Waals surface area contributed by atoms with Crippen molar-refractivity contribution < 1.29 is 28.5 Å². The van der Waals surface area contributed by atoms with Gasteiger partial charge in [-0.1, -0.05) is 6.07 Å². The van der Waals surface area contributed by atoms with Crippen molar-refractivity contribution in [3.63, 3.8) is 0 Å². The summed E-state index contributed by atoms with van der Waals surface area (Å²) in [6, 6.07) is 10.6. The van der Waals surface area contributed by atoms with Gasteiger partial charge in [-0.2, -0.15) is 0 Å². The first-order valence-corrected chi connectivity index (χ1v) is 11.2. The van der Waals surface area contributed by atoms with E-state index in [1.807, 2.05) is 45.9 Å². The van der Waals surface area contributed by atoms with Crippen molar-refractivity contribution in [2.24, 2.45) is 0 Å². The van der Waals surface area contributed by atoms with Crippen LogP contribution in [0.25, 0.3) is 0 Å². The second-order valence-corrected chi connectivity index (χ2v) is 7.04. The summed E-state index contributed by atoms with van der Waals surface area (Å²) >= 11 is 0. The molecule has 0 fully saturated rings. The fraction of sp³-hybridized carbons (Fsp3) is 0.440. The van der Waals surface area contributed by atoms with Crippen LogP contribution < -0.4 is 24.3 Å². The number of ether oxygens (including phenoxy) is 4. The van der Waals surface area contributed by atoms with Crippen molar-refractivity contribution in [1.29, 1.82) is 0 Å². The Kier molecular flexibility index (Phi) is 10.3. The standard InChI is InChI=1S/C25H34N2O6/c1-6-27(17-18-10-12-20(31-7-2)22(14-18)30-5)24(28)16-26-25(29)19-11-13-21(32-8-3)23(15-19)33-9-4/h10-15H,6-9,16-17H2,1-5H3,(H,26,29). The van der Waals surface area contributed by atoms with Crippen LogP contribution in [0, 0.1) is 0 Å². The molecule has 0 aliphatic rings. The molecule has 8 heteroatoms. The highest BCUT2D eigenvalue weighted by molar-refractivity contribution is 5.97. The summed E-state index contributed by atoms with van der Waals surface area (Å²) in [6.07, 6.45) is 0. The lowest BCUT2D eigenvalue weighted by Gasteiger charge is -2.22. The van der Waals surface area contributed by atoms with E-state index in [9.17, 15) is 9.59 Å². The summed E-state index contributed by atoms with van der Waals surface area (Å²) in [5.74, 6) is 1.81. The molecule has 0 unspecified atom stereocenters. The molecule has 33 heavy (non-hydrogen) atoms. The van der Waals surface area contributed by atoms with Gasteiger partial charge >= 0.3 is 0 Å². The lowest BCUT2D eigenvalue weighted by Crippen LogP contribution is -2.39. The Morgan fingerprint density at radius 2 is 1.42 bits per heavy atom. The van der Waals surface area contributed by atoms with E-state index in [0.29, 0.717) is 61.5 Å². The predicted octanol–water partition coefficient (Wildman–Crippen LogP) is 3.67. The lowest BCUT2D eigenvalue weighted by atomic mass is 10.1. The number of nitrogens with zero attached hydrogens (tertiary/aromatic N) is 1. The summed E-state index contributed by atoms with van der Waals surface area (Å²) in [4.78, 5) is 27.0. The Hall–Kier alpha value is -3.42. The molecule has 0 saturated heterocycles. The average molecular weight is 459 g/mol. The number of nitrogens with one attached hydrogen (secondary N) is 1. The smallest absolute Gasteiger partial charge is 0.251 e. The first kappa shape index (κ1) is 25.8. The van der Waals surface area contributed by atoms with Crippen molar-refractivity contribution in [2.75, 3.05) is 40.0 Å². The zero-order valence-electron chi connectivity index (χ0n) is 20.1. The zero-order chi connectivity index (χ0) is 24.2. The van der Waals surface area contributed by atoms with E-state index in [-0.39, 0.29) is 18.4 Å². The van der Waals surface area contributed by atoms with E-state index in [1.165, 1.54) is 0 Å². The molecule has 0 aliphatic carbocycles. The third-order valence-corrected chi connectivity index (χ3v) is 4.84. The minimum atomic E-state index is -0.355. The normalized spacial score (nSPS) is 10.3. The molecule has 2 amide bonds. The third kappa shape index (κ3) is 7.30. The number of rotatable bonds is 13. The van der Waals surface area contributed by atoms with Crippen molar-refractivity contribution in [3.8, 4) is 23.0 Å². The van der Waals surface area contributed by atoms with Crippen molar-refractivity contribution in [1.82, 2.24) is 10.2 Å². The van der Waals surface area contributed by atoms with Crippen molar-refractivity contribution in [3.05, 3.63) is 47.5 Å². The molecule has 1 N–H and O–H groups in total. The molecule has 180 valence electrons. The number of hydrogen-bond acceptors (Lipinski definition) is 6. The Morgan fingerprint density at radius 1 is 0.818 bits per heavy atom. The number of hydrogen-bond donors (Lipinski definition) is 1. The maximum Gasteiger partial charge on any atom is 0.251 e. The number of carbonyl (C=O) groups is 2. The molecule has 0 heterocycles. The van der Waals surface area contributed by atoms with Gasteiger partial charge in [-0.15, -0.1) is 0 Å². The number of benzene rings is 2. The van der Waals surface area contributed by atoms with E-state index in [2.05, 4.69) is 5.32 Å². The predicted molar refractivity (Wildman–Crippen MR) is 126 cm³/mol. The second-order valence-electron chi connectivity index (χ2n) is 7.04. The molecule has 0 saturated carbocycles. The Bertz CT molecular complexity index is 931. The van der Waals surface area contributed by atoms with Crippen LogP contribution >= 0.6 is 0 Å². The number of likely N-dealkylation sites (N-methyl/N-ethyl adjacent to an activating group) is 1. The minimum absolute atomic E-state index is 0.113. The lowest BCUT2D eigenvalue weighted by molar-refractivity contribution is -0.130. The van der Waals surface area contributed by atoms with E-state index < -0.39 is 0 Å². The van der Waals surface area contributed by atoms with Gasteiger partial charge in [0.2, 0.25) is 5.91 Å². The number of carbonyl (C=O) groups excluding carboxylic acids is 2. The summed E-state index contributed by atoms with van der Waals surface area (Å²) in [5.41, 5.74) is 1.30. The van der Waals surface area contributed by atoms with Crippen LogP contribution in [-0.2, 0) is 11.3 Å². The topological polar surface area (TPSA) is 86.3 Å². The molecular formula is C25H34N2O6. The highest BCUT2D eigenvalue weighted by Crippen LogP contribution is 2.29. The first-order chi connectivity index (χ1) is 16.0. The molecule has 0 radical (unpaired) electrons. The first-order valence-electron chi connectivity index (χ1n) is 11.2. The van der Waals surface area contributed by atoms with Gasteiger partial charge in [0.1, 0.15) is 0 Å². The van der Waals surface area contributed by atoms with Crippen LogP contribution in [0.5, 0.6) is 23.0 Å². The van der Waals surface area contributed by atoms with E-state index in [4.69, 9.17) is 18.9 Å². The molecule has 2 rings (SSSR count). The largest absolute Gasteiger partial charge is 0.493 e. The van der Waals surface area contributed by atoms with Gasteiger partial charge in [0.05, 0.1) is 33.5 Å². The summed E-state index contributed by atoms with van der Waals surface area (Å²) in [7, 11) is 1.58. The maximum atomic E-state index is 12.8. The Morgan fingerprint density at radius 3 is 2.03 bits per heavy atom. The van der Waals surface area contributed by atoms with Crippen LogP contribution in [-0.4, -0.2) is 56.7 Å². The molecule has 0 atom stereocenters. The molecule has 2 aromatic carbocycles. The quantitative estimate of drug-likeness (QED) is 0.493. The van der Waals surface area contributed by atoms with Crippen LogP contribution in [0.2, 0.25) is 0 Å². The van der Waals surface area contributed by atoms with Gasteiger partial charge in [0.15, 0.2) is 23.0 Å². The molecule has 0 spiro atoms. The van der Waals surface area contributed by atoms with Gasteiger partial charge in [-0.25, -0.2) is 0 Å². The fourth-order valence-corrected chi connectivity index (χ4v) is 3.24. The number of methoxy groups -OCH3 is 1. The van der Waals surface area contributed by atoms with Gasteiger partial charge in [-0.3, -0.25) is 9.59 Å². The van der Waals surface area contributed by atoms with Crippen LogP contribution in [0.15, 0.2) is 36.4 Å². The monoisotopic (exact) mass is 458 g/mol. The number of amides is 2.